The molecule has 0 aliphatic heterocycles. The third-order valence-corrected chi connectivity index (χ3v) is 34.7. The Morgan fingerprint density at radius 3 is 0.965 bits per heavy atom. The van der Waals surface area contributed by atoms with E-state index in [0.29, 0.717) is 0 Å². The summed E-state index contributed by atoms with van der Waals surface area (Å²) in [5.41, 5.74) is 24.1. The molecule has 4 aromatic carbocycles. The van der Waals surface area contributed by atoms with Gasteiger partial charge in [0.2, 0.25) is 0 Å². The fourth-order valence-corrected chi connectivity index (χ4v) is 29.6. The molecule has 2 aliphatic rings. The molecule has 0 nitrogen and oxygen atoms in total. The van der Waals surface area contributed by atoms with Gasteiger partial charge in [-0.15, -0.1) is 0 Å². The summed E-state index contributed by atoms with van der Waals surface area (Å²) in [5, 5.41) is 0. The number of halogens is 2. The Morgan fingerprint density at radius 2 is 0.719 bits per heavy atom. The van der Waals surface area contributed by atoms with Crippen LogP contribution in [-0.4, -0.2) is 0 Å². The maximum absolute atomic E-state index is 8.69. The molecule has 305 valence electrons. The van der Waals surface area contributed by atoms with Crippen LogP contribution in [0.3, 0.4) is 0 Å². The van der Waals surface area contributed by atoms with Crippen molar-refractivity contribution in [1.29, 1.82) is 0 Å². The molecule has 2 aliphatic carbocycles. The number of benzene rings is 4. The number of fused-ring (bicyclic) bond motifs is 2. The van der Waals surface area contributed by atoms with Crippen LogP contribution in [0, 0.1) is 27.7 Å². The van der Waals surface area contributed by atoms with Crippen molar-refractivity contribution in [3.05, 3.63) is 126 Å². The van der Waals surface area contributed by atoms with Gasteiger partial charge in [-0.3, -0.25) is 0 Å². The average molecular weight is 882 g/mol. The molecule has 0 saturated carbocycles. The summed E-state index contributed by atoms with van der Waals surface area (Å²) in [6, 6.07) is 19.5. The Bertz CT molecular complexity index is 2140. The first kappa shape index (κ1) is 44.4. The van der Waals surface area contributed by atoms with Crippen LogP contribution in [0.5, 0.6) is 0 Å². The van der Waals surface area contributed by atoms with Crippen LogP contribution >= 0.6 is 17.0 Å². The van der Waals surface area contributed by atoms with Gasteiger partial charge in [-0.25, -0.2) is 0 Å². The van der Waals surface area contributed by atoms with Gasteiger partial charge in [0.15, 0.2) is 0 Å². The summed E-state index contributed by atoms with van der Waals surface area (Å²) in [4.78, 5) is 0. The van der Waals surface area contributed by atoms with Crippen LogP contribution in [0.2, 0.25) is 4.13 Å². The molecule has 57 heavy (non-hydrogen) atoms. The maximum atomic E-state index is 8.69. The number of rotatable bonds is 5. The van der Waals surface area contributed by atoms with E-state index < -0.39 is 16.4 Å². The monoisotopic (exact) mass is 879 g/mol. The van der Waals surface area contributed by atoms with Crippen LogP contribution in [0.1, 0.15) is 178 Å². The van der Waals surface area contributed by atoms with E-state index in [4.69, 9.17) is 17.0 Å². The van der Waals surface area contributed by atoms with E-state index in [0.717, 1.165) is 4.13 Å². The average Bonchev–Trinajstić information content (AvgIpc) is 3.61. The first-order valence-electron chi connectivity index (χ1n) is 21.4. The normalized spacial score (nSPS) is 18.2. The Balaban J connectivity index is 1.61. The zero-order valence-corrected chi connectivity index (χ0v) is 42.9. The molecule has 3 heteroatoms. The SMILES string of the molecule is C[CH2][Zr]([Cl])([Cl])([CH]1C(C)=Cc2c(-c3cc(C(C)(C)C)cc(C(C)(C)C)c3)c(C)cc(C)c21)[CH]1C(C)=Cc2c(-c3cc(C(C)(C)C)cc(C(C)(C)C)c3)c(C)cc(C)c21. The predicted octanol–water partition coefficient (Wildman–Crippen LogP) is 17.5. The number of hydrogen-bond donors (Lipinski definition) is 0. The van der Waals surface area contributed by atoms with E-state index in [1.807, 2.05) is 0 Å². The van der Waals surface area contributed by atoms with Gasteiger partial charge in [-0.1, -0.05) is 0 Å². The van der Waals surface area contributed by atoms with Crippen molar-refractivity contribution in [3.63, 3.8) is 0 Å². The second-order valence-electron chi connectivity index (χ2n) is 22.4. The zero-order valence-electron chi connectivity index (χ0n) is 38.9. The molecule has 6 rings (SSSR count). The summed E-state index contributed by atoms with van der Waals surface area (Å²) in [6.07, 6.45) is 4.94. The van der Waals surface area contributed by atoms with Crippen molar-refractivity contribution in [1.82, 2.24) is 0 Å². The summed E-state index contributed by atoms with van der Waals surface area (Å²) in [7, 11) is 17.4. The Kier molecular flexibility index (Phi) is 11.1. The summed E-state index contributed by atoms with van der Waals surface area (Å²) < 4.78 is 0.797. The van der Waals surface area contributed by atoms with E-state index in [2.05, 4.69) is 192 Å². The molecule has 0 saturated heterocycles. The molecular formula is C54H71Cl2Zr. The number of allylic oxidation sites excluding steroid dienone is 2. The van der Waals surface area contributed by atoms with Gasteiger partial charge >= 0.3 is 359 Å². The molecule has 0 amide bonds. The molecule has 0 bridgehead atoms. The van der Waals surface area contributed by atoms with Crippen molar-refractivity contribution in [2.24, 2.45) is 0 Å². The summed E-state index contributed by atoms with van der Waals surface area (Å²) >= 11 is -4.99. The Hall–Kier alpha value is -2.18. The van der Waals surface area contributed by atoms with Crippen LogP contribution in [0.25, 0.3) is 34.4 Å². The first-order chi connectivity index (χ1) is 25.9. The van der Waals surface area contributed by atoms with Crippen LogP contribution in [0.15, 0.2) is 59.7 Å². The number of aryl methyl sites for hydroxylation is 4. The third-order valence-electron chi connectivity index (χ3n) is 13.6. The van der Waals surface area contributed by atoms with Crippen molar-refractivity contribution in [2.75, 3.05) is 0 Å². The van der Waals surface area contributed by atoms with Gasteiger partial charge in [0.1, 0.15) is 0 Å². The molecular weight excluding hydrogens is 811 g/mol. The summed E-state index contributed by atoms with van der Waals surface area (Å²) in [6.45, 7) is 44.0. The van der Waals surface area contributed by atoms with Gasteiger partial charge in [0, 0.05) is 0 Å². The zero-order chi connectivity index (χ0) is 42.8. The van der Waals surface area contributed by atoms with Gasteiger partial charge < -0.3 is 0 Å². The standard InChI is InChI=1S/2C26H33.C2H5.2ClH.Zr/c2*1-16-10-22-17(2)12-18(3)24(23(22)11-16)19-13-20(25(4,5)6)15-21(14-19)26(7,8)9;1-2;;;/h2*10-15H,1-9H3;1H2,2H3;2*1H;/q;;;;;+2/p-2. The molecule has 2 atom stereocenters. The van der Waals surface area contributed by atoms with E-state index in [-0.39, 0.29) is 28.9 Å². The van der Waals surface area contributed by atoms with E-state index in [1.165, 1.54) is 100 Å². The molecule has 0 aromatic heterocycles. The van der Waals surface area contributed by atoms with Crippen molar-refractivity contribution in [2.45, 2.75) is 165 Å². The van der Waals surface area contributed by atoms with Crippen LogP contribution in [-0.2, 0) is 38.1 Å². The van der Waals surface area contributed by atoms with E-state index in [9.17, 15) is 0 Å². The predicted molar refractivity (Wildman–Crippen MR) is 252 cm³/mol. The molecule has 2 unspecified atom stereocenters. The minimum absolute atomic E-state index is 0.00201. The number of hydrogen-bond acceptors (Lipinski definition) is 0. The second-order valence-corrected chi connectivity index (χ2v) is 45.3. The molecule has 0 radical (unpaired) electrons. The molecule has 4 aromatic rings. The van der Waals surface area contributed by atoms with E-state index >= 15 is 0 Å². The van der Waals surface area contributed by atoms with Gasteiger partial charge in [0.05, 0.1) is 0 Å². The van der Waals surface area contributed by atoms with Gasteiger partial charge in [-0.2, -0.15) is 0 Å². The molecule has 0 fully saturated rings. The fourth-order valence-electron chi connectivity index (χ4n) is 10.3. The van der Waals surface area contributed by atoms with Gasteiger partial charge in [-0.05, 0) is 0 Å². The van der Waals surface area contributed by atoms with Crippen molar-refractivity contribution >= 4 is 29.2 Å². The molecule has 0 heterocycles. The Labute approximate surface area is 356 Å². The quantitative estimate of drug-likeness (QED) is 0.187. The van der Waals surface area contributed by atoms with Crippen LogP contribution in [0.4, 0.5) is 0 Å². The third kappa shape index (κ3) is 7.61. The second kappa shape index (κ2) is 14.2. The summed E-state index contributed by atoms with van der Waals surface area (Å²) in [5.74, 6) is 0. The van der Waals surface area contributed by atoms with Gasteiger partial charge in [0.25, 0.3) is 0 Å². The Morgan fingerprint density at radius 1 is 0.439 bits per heavy atom. The first-order valence-corrected chi connectivity index (χ1v) is 32.4. The topological polar surface area (TPSA) is 0 Å². The molecule has 0 N–H and O–H groups in total. The van der Waals surface area contributed by atoms with E-state index in [1.54, 1.807) is 0 Å². The van der Waals surface area contributed by atoms with Crippen molar-refractivity contribution < 1.29 is 16.4 Å². The fraction of sp³-hybridized carbons (Fsp3) is 0.481. The minimum atomic E-state index is -4.99. The van der Waals surface area contributed by atoms with Crippen LogP contribution < -0.4 is 0 Å². The molecule has 0 spiro atoms. The van der Waals surface area contributed by atoms with Crippen molar-refractivity contribution in [3.8, 4) is 22.3 Å².